The van der Waals surface area contributed by atoms with Gasteiger partial charge in [0.25, 0.3) is 5.91 Å². The fourth-order valence-corrected chi connectivity index (χ4v) is 2.68. The highest BCUT2D eigenvalue weighted by Crippen LogP contribution is 2.31. The van der Waals surface area contributed by atoms with E-state index in [1.165, 1.54) is 12.1 Å². The molecule has 0 heterocycles. The number of phenolic OH excluding ortho intramolecular Hbond substituents is 1. The average molecular weight is 268 g/mol. The Bertz CT molecular complexity index is 461. The van der Waals surface area contributed by atoms with Crippen LogP contribution in [0.25, 0.3) is 0 Å². The molecular weight excluding hydrogens is 250 g/mol. The number of carbonyl (C=O) groups is 1. The van der Waals surface area contributed by atoms with E-state index in [2.05, 4.69) is 19.2 Å². The minimum absolute atomic E-state index is 0.0319. The second-order valence-electron chi connectivity index (χ2n) is 5.16. The van der Waals surface area contributed by atoms with Crippen LogP contribution in [-0.4, -0.2) is 17.1 Å². The molecule has 0 aliphatic heterocycles. The Morgan fingerprint density at radius 1 is 1.39 bits per heavy atom. The number of benzene rings is 1. The van der Waals surface area contributed by atoms with Crippen LogP contribution in [0, 0.1) is 11.8 Å². The summed E-state index contributed by atoms with van der Waals surface area (Å²) in [4.78, 5) is 12.1. The lowest BCUT2D eigenvalue weighted by atomic mass is 9.97. The Balaban J connectivity index is 2.10. The number of rotatable bonds is 2. The van der Waals surface area contributed by atoms with Crippen molar-refractivity contribution in [3.05, 3.63) is 28.8 Å². The minimum atomic E-state index is -0.249. The Labute approximate surface area is 112 Å². The first-order chi connectivity index (χ1) is 8.49. The number of phenols is 1. The van der Waals surface area contributed by atoms with Crippen molar-refractivity contribution in [2.24, 2.45) is 11.8 Å². The number of carbonyl (C=O) groups excluding carboxylic acids is 1. The van der Waals surface area contributed by atoms with Crippen LogP contribution >= 0.6 is 11.6 Å². The number of halogens is 1. The molecule has 3 nitrogen and oxygen atoms in total. The molecule has 0 aromatic heterocycles. The standard InChI is InChI=1S/C14H18ClNO2/c1-8-3-5-12(9(8)2)16-14(18)11-7-10(15)4-6-13(11)17/h4,6-9,12,17H,3,5H2,1-2H3,(H,16,18). The number of nitrogens with one attached hydrogen (secondary N) is 1. The molecule has 4 heteroatoms. The molecule has 2 rings (SSSR count). The predicted molar refractivity (Wildman–Crippen MR) is 71.9 cm³/mol. The van der Waals surface area contributed by atoms with Crippen molar-refractivity contribution in [1.82, 2.24) is 5.32 Å². The van der Waals surface area contributed by atoms with Gasteiger partial charge in [0.1, 0.15) is 5.75 Å². The highest BCUT2D eigenvalue weighted by molar-refractivity contribution is 6.31. The zero-order valence-electron chi connectivity index (χ0n) is 10.6. The summed E-state index contributed by atoms with van der Waals surface area (Å²) < 4.78 is 0. The van der Waals surface area contributed by atoms with Crippen molar-refractivity contribution in [3.8, 4) is 5.75 Å². The number of hydrogen-bond donors (Lipinski definition) is 2. The molecule has 1 amide bonds. The van der Waals surface area contributed by atoms with Gasteiger partial charge in [-0.25, -0.2) is 0 Å². The van der Waals surface area contributed by atoms with Crippen LogP contribution in [-0.2, 0) is 0 Å². The molecule has 0 spiro atoms. The largest absolute Gasteiger partial charge is 0.507 e. The van der Waals surface area contributed by atoms with Gasteiger partial charge in [0.15, 0.2) is 0 Å². The molecule has 1 aliphatic rings. The molecule has 0 saturated heterocycles. The topological polar surface area (TPSA) is 49.3 Å². The highest BCUT2D eigenvalue weighted by Gasteiger charge is 2.31. The van der Waals surface area contributed by atoms with Crippen LogP contribution in [0.1, 0.15) is 37.0 Å². The summed E-state index contributed by atoms with van der Waals surface area (Å²) in [5, 5.41) is 13.1. The third kappa shape index (κ3) is 2.61. The lowest BCUT2D eigenvalue weighted by molar-refractivity contribution is 0.0924. The molecule has 1 aromatic carbocycles. The number of hydrogen-bond acceptors (Lipinski definition) is 2. The van der Waals surface area contributed by atoms with Gasteiger partial charge in [-0.05, 0) is 42.9 Å². The normalized spacial score (nSPS) is 27.2. The van der Waals surface area contributed by atoms with Crippen LogP contribution in [0.2, 0.25) is 5.02 Å². The fraction of sp³-hybridized carbons (Fsp3) is 0.500. The summed E-state index contributed by atoms with van der Waals surface area (Å²) in [6.07, 6.45) is 2.13. The summed E-state index contributed by atoms with van der Waals surface area (Å²) in [6, 6.07) is 4.69. The first-order valence-electron chi connectivity index (χ1n) is 6.28. The number of amides is 1. The summed E-state index contributed by atoms with van der Waals surface area (Å²) in [5.74, 6) is 0.815. The zero-order valence-corrected chi connectivity index (χ0v) is 11.4. The van der Waals surface area contributed by atoms with Crippen molar-refractivity contribution in [3.63, 3.8) is 0 Å². The second kappa shape index (κ2) is 5.19. The van der Waals surface area contributed by atoms with Gasteiger partial charge < -0.3 is 10.4 Å². The third-order valence-electron chi connectivity index (χ3n) is 3.98. The first kappa shape index (κ1) is 13.2. The minimum Gasteiger partial charge on any atom is -0.507 e. The van der Waals surface area contributed by atoms with Gasteiger partial charge >= 0.3 is 0 Å². The maximum Gasteiger partial charge on any atom is 0.255 e. The molecule has 3 unspecified atom stereocenters. The Morgan fingerprint density at radius 3 is 2.72 bits per heavy atom. The van der Waals surface area contributed by atoms with Crippen LogP contribution < -0.4 is 5.32 Å². The van der Waals surface area contributed by atoms with Gasteiger partial charge in [-0.15, -0.1) is 0 Å². The smallest absolute Gasteiger partial charge is 0.255 e. The van der Waals surface area contributed by atoms with Gasteiger partial charge in [-0.3, -0.25) is 4.79 Å². The first-order valence-corrected chi connectivity index (χ1v) is 6.66. The van der Waals surface area contributed by atoms with Crippen LogP contribution in [0.3, 0.4) is 0 Å². The molecule has 1 aromatic rings. The molecule has 1 aliphatic carbocycles. The van der Waals surface area contributed by atoms with E-state index in [-0.39, 0.29) is 23.3 Å². The van der Waals surface area contributed by atoms with E-state index in [0.717, 1.165) is 12.8 Å². The quantitative estimate of drug-likeness (QED) is 0.864. The molecule has 0 radical (unpaired) electrons. The molecule has 18 heavy (non-hydrogen) atoms. The Kier molecular flexibility index (Phi) is 3.81. The summed E-state index contributed by atoms with van der Waals surface area (Å²) >= 11 is 5.84. The van der Waals surface area contributed by atoms with E-state index in [1.54, 1.807) is 6.07 Å². The Hall–Kier alpha value is -1.22. The van der Waals surface area contributed by atoms with Gasteiger partial charge in [0, 0.05) is 11.1 Å². The van der Waals surface area contributed by atoms with E-state index in [0.29, 0.717) is 16.9 Å². The van der Waals surface area contributed by atoms with Crippen LogP contribution in [0.4, 0.5) is 0 Å². The molecular formula is C14H18ClNO2. The van der Waals surface area contributed by atoms with E-state index in [4.69, 9.17) is 11.6 Å². The van der Waals surface area contributed by atoms with E-state index in [9.17, 15) is 9.90 Å². The van der Waals surface area contributed by atoms with Crippen molar-refractivity contribution in [1.29, 1.82) is 0 Å². The molecule has 1 fully saturated rings. The fourth-order valence-electron chi connectivity index (χ4n) is 2.50. The van der Waals surface area contributed by atoms with Gasteiger partial charge in [-0.1, -0.05) is 25.4 Å². The monoisotopic (exact) mass is 267 g/mol. The molecule has 2 N–H and O–H groups in total. The molecule has 3 atom stereocenters. The van der Waals surface area contributed by atoms with Crippen LogP contribution in [0.5, 0.6) is 5.75 Å². The van der Waals surface area contributed by atoms with Gasteiger partial charge in [0.2, 0.25) is 0 Å². The number of aromatic hydroxyl groups is 1. The van der Waals surface area contributed by atoms with E-state index in [1.807, 2.05) is 0 Å². The maximum absolute atomic E-state index is 12.1. The maximum atomic E-state index is 12.1. The van der Waals surface area contributed by atoms with Gasteiger partial charge in [0.05, 0.1) is 5.56 Å². The van der Waals surface area contributed by atoms with Crippen molar-refractivity contribution >= 4 is 17.5 Å². The summed E-state index contributed by atoms with van der Waals surface area (Å²) in [5.41, 5.74) is 0.245. The third-order valence-corrected chi connectivity index (χ3v) is 4.22. The summed E-state index contributed by atoms with van der Waals surface area (Å²) in [7, 11) is 0. The molecule has 0 bridgehead atoms. The zero-order chi connectivity index (χ0) is 13.3. The summed E-state index contributed by atoms with van der Waals surface area (Å²) in [6.45, 7) is 4.36. The molecule has 1 saturated carbocycles. The predicted octanol–water partition coefficient (Wildman–Crippen LogP) is 3.21. The Morgan fingerprint density at radius 2 is 2.11 bits per heavy atom. The van der Waals surface area contributed by atoms with Crippen molar-refractivity contribution < 1.29 is 9.90 Å². The lowest BCUT2D eigenvalue weighted by Gasteiger charge is -2.20. The van der Waals surface area contributed by atoms with Crippen molar-refractivity contribution in [2.75, 3.05) is 0 Å². The highest BCUT2D eigenvalue weighted by atomic mass is 35.5. The lowest BCUT2D eigenvalue weighted by Crippen LogP contribution is -2.37. The van der Waals surface area contributed by atoms with Gasteiger partial charge in [-0.2, -0.15) is 0 Å². The average Bonchev–Trinajstić information content (AvgIpc) is 2.64. The second-order valence-corrected chi connectivity index (χ2v) is 5.59. The SMILES string of the molecule is CC1CCC(NC(=O)c2cc(Cl)ccc2O)C1C. The van der Waals surface area contributed by atoms with Crippen LogP contribution in [0.15, 0.2) is 18.2 Å². The van der Waals surface area contributed by atoms with E-state index < -0.39 is 0 Å². The van der Waals surface area contributed by atoms with E-state index >= 15 is 0 Å². The molecule has 98 valence electrons. The van der Waals surface area contributed by atoms with Crippen molar-refractivity contribution in [2.45, 2.75) is 32.7 Å².